The largest absolute Gasteiger partial charge is 0.330 e. The van der Waals surface area contributed by atoms with E-state index in [0.717, 1.165) is 43.4 Å². The van der Waals surface area contributed by atoms with Crippen LogP contribution < -0.4 is 11.1 Å². The summed E-state index contributed by atoms with van der Waals surface area (Å²) in [6, 6.07) is 0. The first-order chi connectivity index (χ1) is 9.13. The van der Waals surface area contributed by atoms with Crippen molar-refractivity contribution >= 4 is 33.1 Å². The highest BCUT2D eigenvalue weighted by Crippen LogP contribution is 2.16. The summed E-state index contributed by atoms with van der Waals surface area (Å²) in [5.41, 5.74) is 5.38. The number of carbonyl (C=O) groups is 1. The van der Waals surface area contributed by atoms with Crippen LogP contribution >= 0.6 is 11.3 Å². The van der Waals surface area contributed by atoms with E-state index in [4.69, 9.17) is 5.73 Å². The number of rotatable bonds is 9. The quantitative estimate of drug-likeness (QED) is 0.352. The Morgan fingerprint density at radius 1 is 1.16 bits per heavy atom. The number of carbonyl (C=O) groups excluding carboxylic acids is 1. The van der Waals surface area contributed by atoms with E-state index in [-0.39, 0.29) is 15.4 Å². The number of nitrogens with one attached hydrogen (secondary N) is 1. The third-order valence-electron chi connectivity index (χ3n) is 2.42. The lowest BCUT2D eigenvalue weighted by atomic mass is 10.1. The molecule has 0 atom stereocenters. The zero-order chi connectivity index (χ0) is 14.1. The predicted octanol–water partition coefficient (Wildman–Crippen LogP) is 0.746. The molecule has 1 heterocycles. The van der Waals surface area contributed by atoms with Crippen LogP contribution in [0.25, 0.3) is 0 Å². The molecule has 0 spiro atoms. The van der Waals surface area contributed by atoms with Gasteiger partial charge in [0.05, 0.1) is 0 Å². The third-order valence-corrected chi connectivity index (χ3v) is 4.19. The number of amides is 1. The van der Waals surface area contributed by atoms with Gasteiger partial charge < -0.3 is 11.1 Å². The molecule has 1 rings (SSSR count). The van der Waals surface area contributed by atoms with Crippen LogP contribution in [0.5, 0.6) is 0 Å². The highest BCUT2D eigenvalue weighted by Gasteiger charge is 2.09. The molecule has 1 aromatic rings. The Bertz CT molecular complexity index is 465. The van der Waals surface area contributed by atoms with E-state index in [2.05, 4.69) is 15.5 Å². The van der Waals surface area contributed by atoms with E-state index in [0.29, 0.717) is 13.0 Å². The van der Waals surface area contributed by atoms with Gasteiger partial charge in [-0.3, -0.25) is 4.79 Å². The fourth-order valence-electron chi connectivity index (χ4n) is 1.48. The number of unbranched alkanes of at least 4 members (excludes halogenated alkanes) is 4. The first kappa shape index (κ1) is 16.0. The van der Waals surface area contributed by atoms with Crippen molar-refractivity contribution in [2.45, 2.75) is 42.9 Å². The lowest BCUT2D eigenvalue weighted by Crippen LogP contribution is -2.10. The summed E-state index contributed by atoms with van der Waals surface area (Å²) < 4.78 is 21.2. The van der Waals surface area contributed by atoms with E-state index < -0.39 is 10.7 Å². The predicted molar refractivity (Wildman–Crippen MR) is 73.9 cm³/mol. The van der Waals surface area contributed by atoms with Crippen molar-refractivity contribution in [1.82, 2.24) is 10.2 Å². The van der Waals surface area contributed by atoms with Gasteiger partial charge in [0, 0.05) is 6.42 Å². The second kappa shape index (κ2) is 8.94. The van der Waals surface area contributed by atoms with E-state index in [1.807, 2.05) is 0 Å². The molecular formula is C10H18N4O3S2. The highest BCUT2D eigenvalue weighted by atomic mass is 32.2. The van der Waals surface area contributed by atoms with Gasteiger partial charge in [0.1, 0.15) is 0 Å². The molecule has 0 bridgehead atoms. The first-order valence-electron chi connectivity index (χ1n) is 6.11. The van der Waals surface area contributed by atoms with Crippen LogP contribution in [0.15, 0.2) is 4.34 Å². The van der Waals surface area contributed by atoms with Crippen LogP contribution in [0.1, 0.15) is 38.5 Å². The van der Waals surface area contributed by atoms with Crippen LogP contribution in [0.4, 0.5) is 5.13 Å². The zero-order valence-electron chi connectivity index (χ0n) is 10.5. The average molecular weight is 306 g/mol. The van der Waals surface area contributed by atoms with E-state index in [1.54, 1.807) is 0 Å². The Balaban J connectivity index is 2.19. The molecular weight excluding hydrogens is 288 g/mol. The molecule has 19 heavy (non-hydrogen) atoms. The lowest BCUT2D eigenvalue weighted by Gasteiger charge is -2.01. The molecule has 108 valence electrons. The van der Waals surface area contributed by atoms with Crippen LogP contribution in [-0.2, 0) is 15.5 Å². The molecule has 0 unspecified atom stereocenters. The second-order valence-corrected chi connectivity index (χ2v) is 6.22. The normalized spacial score (nSPS) is 10.8. The van der Waals surface area contributed by atoms with Crippen molar-refractivity contribution in [3.8, 4) is 0 Å². The van der Waals surface area contributed by atoms with Gasteiger partial charge in [0.2, 0.25) is 15.4 Å². The van der Waals surface area contributed by atoms with Crippen LogP contribution in [-0.4, -0.2) is 31.1 Å². The van der Waals surface area contributed by atoms with Gasteiger partial charge in [-0.1, -0.05) is 30.6 Å². The Labute approximate surface area is 117 Å². The molecule has 0 saturated carbocycles. The van der Waals surface area contributed by atoms with Crippen LogP contribution in [0, 0.1) is 0 Å². The fraction of sp³-hybridized carbons (Fsp3) is 0.700. The van der Waals surface area contributed by atoms with Crippen molar-refractivity contribution in [2.75, 3.05) is 11.9 Å². The van der Waals surface area contributed by atoms with Crippen LogP contribution in [0.2, 0.25) is 0 Å². The van der Waals surface area contributed by atoms with Gasteiger partial charge in [0.15, 0.2) is 10.7 Å². The molecule has 0 aliphatic heterocycles. The molecule has 9 heteroatoms. The minimum Gasteiger partial charge on any atom is -0.330 e. The number of thiol groups is 1. The molecule has 7 nitrogen and oxygen atoms in total. The Kier molecular flexibility index (Phi) is 7.53. The fourth-order valence-corrected chi connectivity index (χ4v) is 2.66. The molecule has 0 saturated heterocycles. The summed E-state index contributed by atoms with van der Waals surface area (Å²) in [5, 5.41) is 9.79. The summed E-state index contributed by atoms with van der Waals surface area (Å²) in [5.74, 6) is -0.164. The highest BCUT2D eigenvalue weighted by molar-refractivity contribution is 7.75. The second-order valence-electron chi connectivity index (χ2n) is 4.00. The molecule has 0 radical (unpaired) electrons. The topological polar surface area (TPSA) is 115 Å². The summed E-state index contributed by atoms with van der Waals surface area (Å²) in [4.78, 5) is 11.5. The number of nitrogens with zero attached hydrogens (tertiary/aromatic N) is 2. The lowest BCUT2D eigenvalue weighted by molar-refractivity contribution is -0.116. The zero-order valence-corrected chi connectivity index (χ0v) is 12.2. The number of hydrogen-bond donors (Lipinski definition) is 3. The van der Waals surface area contributed by atoms with Crippen molar-refractivity contribution in [3.63, 3.8) is 0 Å². The van der Waals surface area contributed by atoms with Crippen LogP contribution in [0.3, 0.4) is 0 Å². The Morgan fingerprint density at radius 3 is 2.47 bits per heavy atom. The van der Waals surface area contributed by atoms with Crippen molar-refractivity contribution in [2.24, 2.45) is 5.73 Å². The van der Waals surface area contributed by atoms with Gasteiger partial charge in [-0.15, -0.1) is 10.2 Å². The van der Waals surface area contributed by atoms with Gasteiger partial charge in [-0.2, -0.15) is 0 Å². The monoisotopic (exact) mass is 306 g/mol. The minimum absolute atomic E-state index is 0.0907. The number of hydrogen-bond acceptors (Lipinski definition) is 7. The smallest absolute Gasteiger partial charge is 0.231 e. The van der Waals surface area contributed by atoms with E-state index >= 15 is 0 Å². The summed E-state index contributed by atoms with van der Waals surface area (Å²) >= 11 is 0.855. The maximum atomic E-state index is 11.5. The molecule has 1 amide bonds. The van der Waals surface area contributed by atoms with Gasteiger partial charge in [0.25, 0.3) is 0 Å². The number of anilines is 1. The maximum absolute atomic E-state index is 11.5. The average Bonchev–Trinajstić information content (AvgIpc) is 2.82. The minimum atomic E-state index is -2.74. The summed E-state index contributed by atoms with van der Waals surface area (Å²) in [6.45, 7) is 0.710. The third kappa shape index (κ3) is 6.60. The van der Waals surface area contributed by atoms with Gasteiger partial charge >= 0.3 is 0 Å². The summed E-state index contributed by atoms with van der Waals surface area (Å²) in [7, 11) is -2.74. The van der Waals surface area contributed by atoms with E-state index in [1.165, 1.54) is 0 Å². The van der Waals surface area contributed by atoms with E-state index in [9.17, 15) is 13.2 Å². The molecule has 1 aromatic heterocycles. The molecule has 0 aliphatic rings. The Morgan fingerprint density at radius 2 is 1.84 bits per heavy atom. The molecule has 0 aromatic carbocycles. The first-order valence-corrected chi connectivity index (χ1v) is 8.10. The SMILES string of the molecule is NCCCCCCCC(=O)Nc1nnc([SH](=O)=O)s1. The van der Waals surface area contributed by atoms with Crippen molar-refractivity contribution in [1.29, 1.82) is 0 Å². The number of nitrogens with two attached hydrogens (primary N) is 1. The van der Waals surface area contributed by atoms with Gasteiger partial charge in [-0.25, -0.2) is 8.42 Å². The van der Waals surface area contributed by atoms with Gasteiger partial charge in [-0.05, 0) is 19.4 Å². The molecule has 0 aliphatic carbocycles. The summed E-state index contributed by atoms with van der Waals surface area (Å²) in [6.07, 6.45) is 5.38. The van der Waals surface area contributed by atoms with Crippen molar-refractivity contribution in [3.05, 3.63) is 0 Å². The maximum Gasteiger partial charge on any atom is 0.231 e. The number of aromatic nitrogens is 2. The van der Waals surface area contributed by atoms with Crippen molar-refractivity contribution < 1.29 is 13.2 Å². The molecule has 3 N–H and O–H groups in total. The Hall–Kier alpha value is -1.06. The standard InChI is InChI=1S/C10H18N4O3S2/c11-7-5-3-1-2-4-6-8(15)12-9-13-14-10(18-9)19(16)17/h19H,1-7,11H2,(H,12,13,15). The molecule has 0 fully saturated rings.